The van der Waals surface area contributed by atoms with Gasteiger partial charge in [-0.25, -0.2) is 15.2 Å². The number of pyridine rings is 1. The van der Waals surface area contributed by atoms with Gasteiger partial charge in [0.15, 0.2) is 0 Å². The zero-order valence-corrected chi connectivity index (χ0v) is 34.0. The van der Waals surface area contributed by atoms with Crippen LogP contribution in [-0.4, -0.2) is 112 Å². The molecular formula is C41H54N8O5S. The zero-order valence-electron chi connectivity index (χ0n) is 33.2. The van der Waals surface area contributed by atoms with Gasteiger partial charge in [0, 0.05) is 84.3 Å². The topological polar surface area (TPSA) is 134 Å². The lowest BCUT2D eigenvalue weighted by Crippen LogP contribution is -2.69. The van der Waals surface area contributed by atoms with E-state index in [-0.39, 0.29) is 43.2 Å². The summed E-state index contributed by atoms with van der Waals surface area (Å²) in [5, 5.41) is 8.37. The molecule has 2 N–H and O–H groups in total. The minimum absolute atomic E-state index is 0.00306. The third-order valence-corrected chi connectivity index (χ3v) is 12.4. The number of aryl methyl sites for hydroxylation is 1. The molecule has 2 fully saturated rings. The second-order valence-electron chi connectivity index (χ2n) is 16.1. The Balaban J connectivity index is 1.32. The molecule has 14 heteroatoms. The Morgan fingerprint density at radius 3 is 2.76 bits per heavy atom. The Labute approximate surface area is 327 Å². The van der Waals surface area contributed by atoms with Crippen molar-refractivity contribution < 1.29 is 23.9 Å². The van der Waals surface area contributed by atoms with E-state index in [1.807, 2.05) is 39.4 Å². The third-order valence-electron chi connectivity index (χ3n) is 11.5. The maximum Gasteiger partial charge on any atom is 0.324 e. The minimum Gasteiger partial charge on any atom is -0.464 e. The van der Waals surface area contributed by atoms with Crippen molar-refractivity contribution in [2.75, 3.05) is 40.9 Å². The quantitative estimate of drug-likeness (QED) is 0.246. The van der Waals surface area contributed by atoms with Gasteiger partial charge in [-0.2, -0.15) is 0 Å². The predicted octanol–water partition coefficient (Wildman–Crippen LogP) is 5.43. The van der Waals surface area contributed by atoms with Gasteiger partial charge < -0.3 is 29.2 Å². The van der Waals surface area contributed by atoms with Crippen LogP contribution in [0.4, 0.5) is 4.79 Å². The van der Waals surface area contributed by atoms with Crippen LogP contribution in [0.25, 0.3) is 33.4 Å². The van der Waals surface area contributed by atoms with Crippen molar-refractivity contribution in [3.05, 3.63) is 58.2 Å². The maximum absolute atomic E-state index is 14.2. The highest BCUT2D eigenvalue weighted by atomic mass is 32.1. The number of carbonyl (C=O) groups excluding carboxylic acids is 3. The molecule has 2 saturated heterocycles. The van der Waals surface area contributed by atoms with Crippen LogP contribution in [0, 0.1) is 5.41 Å². The summed E-state index contributed by atoms with van der Waals surface area (Å²) in [5.41, 5.74) is 9.63. The number of hydrogen-bond acceptors (Lipinski definition) is 10. The van der Waals surface area contributed by atoms with Crippen molar-refractivity contribution in [1.29, 1.82) is 0 Å². The summed E-state index contributed by atoms with van der Waals surface area (Å²) in [6, 6.07) is 8.91. The molecule has 0 unspecified atom stereocenters. The number of hydrazine groups is 1. The largest absolute Gasteiger partial charge is 0.464 e. The number of thiazole rings is 1. The smallest absolute Gasteiger partial charge is 0.324 e. The monoisotopic (exact) mass is 770 g/mol. The molecule has 3 amide bonds. The number of nitrogens with zero attached hydrogens (tertiary/aromatic N) is 6. The van der Waals surface area contributed by atoms with Crippen LogP contribution in [0.3, 0.4) is 0 Å². The number of cyclic esters (lactones) is 1. The molecule has 0 spiro atoms. The normalized spacial score (nSPS) is 23.7. The number of benzene rings is 1. The number of urea groups is 1. The van der Waals surface area contributed by atoms with Gasteiger partial charge in [0.1, 0.15) is 12.1 Å². The lowest BCUT2D eigenvalue weighted by atomic mass is 9.84. The summed E-state index contributed by atoms with van der Waals surface area (Å²) in [6.07, 6.45) is 3.56. The van der Waals surface area contributed by atoms with Gasteiger partial charge in [-0.3, -0.25) is 19.6 Å². The standard InChI is InChI=1S/C41H54N8O5S/c1-9-47-33-15-14-26-18-28(33)29(37(47)27-12-10-16-42-36(27)25(3)53-8)20-41(4,5)23-54-39(51)30-13-11-17-49(45-30)38(50)31(19-35-43-32(26)22-55-35)44-40(52)48-21-34(24(48)2)46(6)7/h10,12,14-16,18,22,24-25,30-31,34,45H,9,11,13,17,19-21,23H2,1-8H3,(H,44,52)/t24-,25+,30+,31+,34+/m1/s1. The first kappa shape index (κ1) is 38.9. The lowest BCUT2D eigenvalue weighted by Gasteiger charge is -2.49. The number of likely N-dealkylation sites (N-methyl/N-ethyl adjacent to an activating group) is 1. The molecule has 7 rings (SSSR count). The molecule has 3 aliphatic rings. The Hall–Kier alpha value is -4.37. The average molecular weight is 771 g/mol. The van der Waals surface area contributed by atoms with Crippen molar-refractivity contribution in [3.63, 3.8) is 0 Å². The van der Waals surface area contributed by atoms with E-state index in [0.717, 1.165) is 56.2 Å². The number of rotatable bonds is 6. The number of ether oxygens (including phenoxy) is 2. The van der Waals surface area contributed by atoms with Crippen molar-refractivity contribution >= 4 is 40.1 Å². The number of methoxy groups -OCH3 is 1. The van der Waals surface area contributed by atoms with E-state index in [2.05, 4.69) is 65.2 Å². The number of likely N-dealkylation sites (tertiary alicyclic amines) is 1. The van der Waals surface area contributed by atoms with Gasteiger partial charge in [-0.15, -0.1) is 11.3 Å². The first-order chi connectivity index (χ1) is 26.3. The number of nitrogens with one attached hydrogen (secondary N) is 2. The van der Waals surface area contributed by atoms with Gasteiger partial charge in [-0.05, 0) is 84.0 Å². The summed E-state index contributed by atoms with van der Waals surface area (Å²) in [6.45, 7) is 12.3. The van der Waals surface area contributed by atoms with Crippen LogP contribution in [0.2, 0.25) is 0 Å². The zero-order chi connectivity index (χ0) is 39.2. The lowest BCUT2D eigenvalue weighted by molar-refractivity contribution is -0.155. The number of aromatic nitrogens is 3. The second kappa shape index (κ2) is 15.6. The van der Waals surface area contributed by atoms with E-state index in [0.29, 0.717) is 32.4 Å². The Morgan fingerprint density at radius 2 is 2.04 bits per heavy atom. The molecule has 0 saturated carbocycles. The van der Waals surface area contributed by atoms with E-state index in [1.54, 1.807) is 18.2 Å². The Bertz CT molecular complexity index is 2080. The van der Waals surface area contributed by atoms with Crippen LogP contribution in [-0.2, 0) is 38.4 Å². The minimum atomic E-state index is -0.893. The summed E-state index contributed by atoms with van der Waals surface area (Å²) < 4.78 is 14.2. The SMILES string of the molecule is CCn1c(-c2cccnc2[C@H](C)OC)c2c3cc(ccc31)-c1csc(n1)C[C@H](NC(=O)N1C[C@H](N(C)C)[C@H]1C)C(=O)N1CCC[C@H](N1)C(=O)OCC(C)(C)C2. The number of hydrogen-bond donors (Lipinski definition) is 2. The van der Waals surface area contributed by atoms with Gasteiger partial charge in [-0.1, -0.05) is 19.9 Å². The molecule has 1 aromatic carbocycles. The molecule has 6 heterocycles. The number of esters is 1. The summed E-state index contributed by atoms with van der Waals surface area (Å²) >= 11 is 1.47. The molecule has 0 aliphatic carbocycles. The summed E-state index contributed by atoms with van der Waals surface area (Å²) in [4.78, 5) is 55.3. The highest BCUT2D eigenvalue weighted by Crippen LogP contribution is 2.42. The number of fused-ring (bicyclic) bond motifs is 6. The van der Waals surface area contributed by atoms with Crippen molar-refractivity contribution in [2.45, 2.75) is 97.1 Å². The van der Waals surface area contributed by atoms with Crippen LogP contribution >= 0.6 is 11.3 Å². The molecule has 4 aromatic rings. The van der Waals surface area contributed by atoms with Gasteiger partial charge in [0.2, 0.25) is 0 Å². The highest BCUT2D eigenvalue weighted by Gasteiger charge is 2.42. The molecule has 5 atom stereocenters. The molecule has 294 valence electrons. The maximum atomic E-state index is 14.2. The molecular weight excluding hydrogens is 717 g/mol. The van der Waals surface area contributed by atoms with Gasteiger partial charge in [0.25, 0.3) is 5.91 Å². The Kier molecular flexibility index (Phi) is 11.1. The molecule has 55 heavy (non-hydrogen) atoms. The fraction of sp³-hybridized carbons (Fsp3) is 0.537. The van der Waals surface area contributed by atoms with E-state index < -0.39 is 23.5 Å². The first-order valence-electron chi connectivity index (χ1n) is 19.4. The highest BCUT2D eigenvalue weighted by molar-refractivity contribution is 7.10. The molecule has 13 nitrogen and oxygen atoms in total. The fourth-order valence-corrected chi connectivity index (χ4v) is 9.10. The van der Waals surface area contributed by atoms with E-state index in [9.17, 15) is 14.4 Å². The number of amides is 3. The van der Waals surface area contributed by atoms with Crippen molar-refractivity contribution in [3.8, 4) is 22.5 Å². The first-order valence-corrected chi connectivity index (χ1v) is 20.2. The van der Waals surface area contributed by atoms with Gasteiger partial charge >= 0.3 is 12.0 Å². The van der Waals surface area contributed by atoms with Crippen LogP contribution < -0.4 is 10.7 Å². The van der Waals surface area contributed by atoms with E-state index in [4.69, 9.17) is 19.4 Å². The van der Waals surface area contributed by atoms with Crippen LogP contribution in [0.15, 0.2) is 41.9 Å². The molecule has 0 radical (unpaired) electrons. The predicted molar refractivity (Wildman–Crippen MR) is 213 cm³/mol. The van der Waals surface area contributed by atoms with Gasteiger partial charge in [0.05, 0.1) is 34.8 Å². The summed E-state index contributed by atoms with van der Waals surface area (Å²) in [5.74, 6) is -0.707. The van der Waals surface area contributed by atoms with Crippen molar-refractivity contribution in [1.82, 2.24) is 40.1 Å². The summed E-state index contributed by atoms with van der Waals surface area (Å²) in [7, 11) is 5.71. The molecule has 6 bridgehead atoms. The third kappa shape index (κ3) is 7.61. The Morgan fingerprint density at radius 1 is 1.24 bits per heavy atom. The molecule has 3 aromatic heterocycles. The fourth-order valence-electron chi connectivity index (χ4n) is 8.25. The number of carbonyl (C=O) groups is 3. The molecule has 3 aliphatic heterocycles. The van der Waals surface area contributed by atoms with E-state index >= 15 is 0 Å². The van der Waals surface area contributed by atoms with E-state index in [1.165, 1.54) is 16.3 Å². The average Bonchev–Trinajstić information content (AvgIpc) is 3.76. The van der Waals surface area contributed by atoms with Crippen LogP contribution in [0.5, 0.6) is 0 Å². The van der Waals surface area contributed by atoms with Crippen molar-refractivity contribution in [2.24, 2.45) is 5.41 Å². The second-order valence-corrected chi connectivity index (χ2v) is 17.1. The van der Waals surface area contributed by atoms with Crippen LogP contribution in [0.1, 0.15) is 69.8 Å².